The number of Topliss-reactive ketones (excluding diaryl/α,β-unsaturated/α-hetero) is 1. The van der Waals surface area contributed by atoms with Crippen LogP contribution in [0.4, 0.5) is 0 Å². The van der Waals surface area contributed by atoms with Crippen molar-refractivity contribution in [3.8, 4) is 5.75 Å². The predicted octanol–water partition coefficient (Wildman–Crippen LogP) is 2.14. The average molecular weight is 365 g/mol. The maximum Gasteiger partial charge on any atom is 0.308 e. The van der Waals surface area contributed by atoms with Crippen LogP contribution < -0.4 is 4.74 Å². The molecule has 0 atom stereocenters. The summed E-state index contributed by atoms with van der Waals surface area (Å²) in [6, 6.07) is 7.07. The number of nitrogens with zero attached hydrogens (tertiary/aromatic N) is 3. The van der Waals surface area contributed by atoms with E-state index in [0.29, 0.717) is 30.0 Å². The highest BCUT2D eigenvalue weighted by molar-refractivity contribution is 7.87. The Kier molecular flexibility index (Phi) is 6.33. The molecule has 8 heteroatoms. The van der Waals surface area contributed by atoms with Crippen LogP contribution in [-0.2, 0) is 16.6 Å². The summed E-state index contributed by atoms with van der Waals surface area (Å²) in [5, 5.41) is 0. The quantitative estimate of drug-likeness (QED) is 0.502. The lowest BCUT2D eigenvalue weighted by Crippen LogP contribution is -2.29. The monoisotopic (exact) mass is 365 g/mol. The molecule has 0 N–H and O–H groups in total. The summed E-state index contributed by atoms with van der Waals surface area (Å²) in [5.74, 6) is 0.661. The number of benzene rings is 1. The fraction of sp³-hybridized carbons (Fsp3) is 0.412. The molecule has 1 aromatic carbocycles. The third-order valence-corrected chi connectivity index (χ3v) is 5.47. The predicted molar refractivity (Wildman–Crippen MR) is 95.1 cm³/mol. The molecule has 0 amide bonds. The van der Waals surface area contributed by atoms with Gasteiger partial charge in [0, 0.05) is 25.9 Å². The van der Waals surface area contributed by atoms with E-state index in [-0.39, 0.29) is 5.78 Å². The lowest BCUT2D eigenvalue weighted by molar-refractivity contribution is 0.101. The SMILES string of the molecule is CC(=O)c1cccc(OCCCCc2cncn2S(=O)(=O)N(C)C)c1. The summed E-state index contributed by atoms with van der Waals surface area (Å²) in [4.78, 5) is 15.3. The second kappa shape index (κ2) is 8.26. The van der Waals surface area contributed by atoms with E-state index in [1.54, 1.807) is 24.4 Å². The first-order valence-electron chi connectivity index (χ1n) is 8.00. The molecule has 25 heavy (non-hydrogen) atoms. The van der Waals surface area contributed by atoms with Crippen molar-refractivity contribution in [3.63, 3.8) is 0 Å². The van der Waals surface area contributed by atoms with Crippen molar-refractivity contribution < 1.29 is 17.9 Å². The highest BCUT2D eigenvalue weighted by atomic mass is 32.2. The number of hydrogen-bond acceptors (Lipinski definition) is 5. The Balaban J connectivity index is 1.84. The number of aromatic nitrogens is 2. The standard InChI is InChI=1S/C17H23N3O4S/c1-14(21)15-7-6-9-17(11-15)24-10-5-4-8-16-12-18-13-20(16)25(22,23)19(2)3/h6-7,9,11-13H,4-5,8,10H2,1-3H3. The smallest absolute Gasteiger partial charge is 0.308 e. The summed E-state index contributed by atoms with van der Waals surface area (Å²) >= 11 is 0. The number of ether oxygens (including phenoxy) is 1. The zero-order valence-corrected chi connectivity index (χ0v) is 15.5. The summed E-state index contributed by atoms with van der Waals surface area (Å²) in [6.45, 7) is 2.01. The van der Waals surface area contributed by atoms with Crippen LogP contribution in [0.5, 0.6) is 5.75 Å². The second-order valence-corrected chi connectivity index (χ2v) is 7.88. The molecule has 0 saturated heterocycles. The van der Waals surface area contributed by atoms with Crippen LogP contribution in [0.3, 0.4) is 0 Å². The van der Waals surface area contributed by atoms with E-state index < -0.39 is 10.2 Å². The van der Waals surface area contributed by atoms with Gasteiger partial charge in [-0.15, -0.1) is 0 Å². The van der Waals surface area contributed by atoms with Crippen LogP contribution in [0.2, 0.25) is 0 Å². The molecular weight excluding hydrogens is 342 g/mol. The Hall–Kier alpha value is -2.19. The van der Waals surface area contributed by atoms with Gasteiger partial charge in [-0.2, -0.15) is 12.7 Å². The van der Waals surface area contributed by atoms with Crippen molar-refractivity contribution in [2.45, 2.75) is 26.2 Å². The first kappa shape index (κ1) is 19.1. The number of hydrogen-bond donors (Lipinski definition) is 0. The maximum atomic E-state index is 12.2. The molecule has 136 valence electrons. The second-order valence-electron chi connectivity index (χ2n) is 5.86. The molecule has 2 aromatic rings. The zero-order valence-electron chi connectivity index (χ0n) is 14.7. The van der Waals surface area contributed by atoms with Gasteiger partial charge in [-0.25, -0.2) is 8.96 Å². The molecule has 1 heterocycles. The molecule has 0 aliphatic heterocycles. The molecule has 0 spiro atoms. The van der Waals surface area contributed by atoms with Gasteiger partial charge in [0.2, 0.25) is 0 Å². The average Bonchev–Trinajstić information content (AvgIpc) is 3.04. The van der Waals surface area contributed by atoms with Crippen LogP contribution in [0.1, 0.15) is 35.8 Å². The highest BCUT2D eigenvalue weighted by Crippen LogP contribution is 2.15. The molecule has 0 unspecified atom stereocenters. The van der Waals surface area contributed by atoms with E-state index in [1.807, 2.05) is 6.07 Å². The number of ketones is 1. The normalized spacial score (nSPS) is 11.7. The molecule has 7 nitrogen and oxygen atoms in total. The Bertz CT molecular complexity index is 828. The minimum atomic E-state index is -3.54. The number of carbonyl (C=O) groups excluding carboxylic acids is 1. The fourth-order valence-electron chi connectivity index (χ4n) is 2.27. The number of carbonyl (C=O) groups is 1. The van der Waals surface area contributed by atoms with E-state index in [9.17, 15) is 13.2 Å². The lowest BCUT2D eigenvalue weighted by Gasteiger charge is -2.14. The Morgan fingerprint density at radius 2 is 2.04 bits per heavy atom. The summed E-state index contributed by atoms with van der Waals surface area (Å²) < 4.78 is 32.3. The lowest BCUT2D eigenvalue weighted by atomic mass is 10.1. The zero-order chi connectivity index (χ0) is 18.4. The molecule has 0 radical (unpaired) electrons. The molecule has 0 aliphatic carbocycles. The van der Waals surface area contributed by atoms with Crippen molar-refractivity contribution in [3.05, 3.63) is 48.0 Å². The van der Waals surface area contributed by atoms with Gasteiger partial charge in [-0.1, -0.05) is 12.1 Å². The van der Waals surface area contributed by atoms with E-state index in [2.05, 4.69) is 4.98 Å². The largest absolute Gasteiger partial charge is 0.494 e. The Labute approximate surface area is 148 Å². The van der Waals surface area contributed by atoms with E-state index in [1.165, 1.54) is 31.3 Å². The summed E-state index contributed by atoms with van der Waals surface area (Å²) in [7, 11) is -0.562. The van der Waals surface area contributed by atoms with Gasteiger partial charge in [-0.05, 0) is 38.3 Å². The van der Waals surface area contributed by atoms with Gasteiger partial charge in [0.1, 0.15) is 12.1 Å². The molecule has 1 aromatic heterocycles. The van der Waals surface area contributed by atoms with Gasteiger partial charge in [0.05, 0.1) is 12.3 Å². The number of aryl methyl sites for hydroxylation is 1. The van der Waals surface area contributed by atoms with Crippen LogP contribution >= 0.6 is 0 Å². The Morgan fingerprint density at radius 1 is 1.28 bits per heavy atom. The van der Waals surface area contributed by atoms with Gasteiger partial charge in [-0.3, -0.25) is 4.79 Å². The van der Waals surface area contributed by atoms with Crippen molar-refractivity contribution in [2.24, 2.45) is 0 Å². The molecular formula is C17H23N3O4S. The third kappa shape index (κ3) is 4.90. The van der Waals surface area contributed by atoms with Gasteiger partial charge < -0.3 is 4.74 Å². The molecule has 0 aliphatic rings. The topological polar surface area (TPSA) is 81.5 Å². The van der Waals surface area contributed by atoms with Crippen LogP contribution in [0.25, 0.3) is 0 Å². The van der Waals surface area contributed by atoms with E-state index in [4.69, 9.17) is 4.74 Å². The first-order valence-corrected chi connectivity index (χ1v) is 9.40. The number of rotatable bonds is 9. The van der Waals surface area contributed by atoms with Crippen molar-refractivity contribution in [1.29, 1.82) is 0 Å². The highest BCUT2D eigenvalue weighted by Gasteiger charge is 2.19. The molecule has 0 fully saturated rings. The molecule has 0 saturated carbocycles. The van der Waals surface area contributed by atoms with Crippen molar-refractivity contribution in [2.75, 3.05) is 20.7 Å². The summed E-state index contributed by atoms with van der Waals surface area (Å²) in [5.41, 5.74) is 1.27. The van der Waals surface area contributed by atoms with Gasteiger partial charge in [0.15, 0.2) is 5.78 Å². The molecule has 0 bridgehead atoms. The minimum Gasteiger partial charge on any atom is -0.494 e. The van der Waals surface area contributed by atoms with Crippen LogP contribution in [0, 0.1) is 0 Å². The maximum absolute atomic E-state index is 12.2. The number of unbranched alkanes of at least 4 members (excludes halogenated alkanes) is 1. The van der Waals surface area contributed by atoms with E-state index in [0.717, 1.165) is 17.1 Å². The van der Waals surface area contributed by atoms with Gasteiger partial charge in [0.25, 0.3) is 0 Å². The summed E-state index contributed by atoms with van der Waals surface area (Å²) in [6.07, 6.45) is 5.00. The first-order chi connectivity index (χ1) is 11.8. The number of imidazole rings is 1. The van der Waals surface area contributed by atoms with Crippen molar-refractivity contribution >= 4 is 16.0 Å². The van der Waals surface area contributed by atoms with Gasteiger partial charge >= 0.3 is 10.2 Å². The molecule has 2 rings (SSSR count). The van der Waals surface area contributed by atoms with Crippen molar-refractivity contribution in [1.82, 2.24) is 13.3 Å². The Morgan fingerprint density at radius 3 is 2.72 bits per heavy atom. The fourth-order valence-corrected chi connectivity index (χ4v) is 3.23. The van der Waals surface area contributed by atoms with Crippen LogP contribution in [0.15, 0.2) is 36.8 Å². The van der Waals surface area contributed by atoms with Crippen LogP contribution in [-0.4, -0.2) is 48.2 Å². The minimum absolute atomic E-state index is 0.000753. The third-order valence-electron chi connectivity index (χ3n) is 3.72. The van der Waals surface area contributed by atoms with E-state index >= 15 is 0 Å².